The van der Waals surface area contributed by atoms with Crippen molar-refractivity contribution in [2.45, 2.75) is 6.54 Å². The van der Waals surface area contributed by atoms with Gasteiger partial charge in [0, 0.05) is 18.8 Å². The Bertz CT molecular complexity index is 1050. The number of terminal acetylenes is 1. The zero-order chi connectivity index (χ0) is 19.2. The monoisotopic (exact) mass is 378 g/mol. The molecule has 3 aromatic rings. The molecule has 27 heavy (non-hydrogen) atoms. The van der Waals surface area contributed by atoms with Crippen molar-refractivity contribution in [3.05, 3.63) is 53.6 Å². The first kappa shape index (κ1) is 18.3. The van der Waals surface area contributed by atoms with Crippen molar-refractivity contribution < 1.29 is 9.90 Å². The minimum Gasteiger partial charge on any atom is -0.506 e. The van der Waals surface area contributed by atoms with Crippen LogP contribution in [0.4, 0.5) is 10.8 Å². The molecule has 2 aromatic carbocycles. The second-order valence-electron chi connectivity index (χ2n) is 5.75. The Morgan fingerprint density at radius 1 is 1.37 bits per heavy atom. The summed E-state index contributed by atoms with van der Waals surface area (Å²) in [5.41, 5.74) is 8.97. The molecule has 0 spiro atoms. The smallest absolute Gasteiger partial charge is 0.295 e. The summed E-state index contributed by atoms with van der Waals surface area (Å²) in [5.74, 6) is 1.71. The zero-order valence-electron chi connectivity index (χ0n) is 14.4. The molecule has 5 N–H and O–H groups in total. The Hall–Kier alpha value is -3.50. The number of nitrogens with two attached hydrogens (primary N) is 1. The minimum absolute atomic E-state index is 0.120. The molecular weight excluding hydrogens is 360 g/mol. The minimum atomic E-state index is -0.431. The van der Waals surface area contributed by atoms with E-state index in [1.807, 2.05) is 48.4 Å². The summed E-state index contributed by atoms with van der Waals surface area (Å²) in [5, 5.41) is 16.4. The molecule has 1 heterocycles. The lowest BCUT2D eigenvalue weighted by molar-refractivity contribution is -0.115. The van der Waals surface area contributed by atoms with Crippen molar-refractivity contribution in [1.29, 1.82) is 0 Å². The van der Waals surface area contributed by atoms with E-state index in [4.69, 9.17) is 12.2 Å². The third-order valence-electron chi connectivity index (χ3n) is 3.76. The van der Waals surface area contributed by atoms with Gasteiger partial charge in [-0.25, -0.2) is 4.98 Å². The maximum atomic E-state index is 11.1. The fourth-order valence-electron chi connectivity index (χ4n) is 2.54. The molecule has 6 nitrogen and oxygen atoms in total. The first-order chi connectivity index (χ1) is 13.0. The number of carbonyl (C=O) groups excluding carboxylic acids is 1. The van der Waals surface area contributed by atoms with E-state index in [9.17, 15) is 9.90 Å². The van der Waals surface area contributed by atoms with Gasteiger partial charge in [0.15, 0.2) is 5.13 Å². The summed E-state index contributed by atoms with van der Waals surface area (Å²) >= 11 is 1.34. The maximum Gasteiger partial charge on any atom is 0.295 e. The predicted molar refractivity (Wildman–Crippen MR) is 110 cm³/mol. The number of amides is 1. The lowest BCUT2D eigenvalue weighted by Crippen LogP contribution is -2.20. The Morgan fingerprint density at radius 2 is 2.22 bits per heavy atom. The largest absolute Gasteiger partial charge is 0.506 e. The number of nitrogen functional groups attached to an aromatic ring is 1. The number of nitrogens with zero attached hydrogens (tertiary/aromatic N) is 1. The van der Waals surface area contributed by atoms with Gasteiger partial charge in [-0.05, 0) is 41.3 Å². The summed E-state index contributed by atoms with van der Waals surface area (Å²) < 4.78 is 0.849. The standard InChI is InChI=1S/C20H18N4O2S/c1-2-18(26)23-12-14-5-3-7-15(9-14)22-8-4-6-13-10-16(25)19-17(11-13)27-20(21)24-19/h1,3-7,9-11,22,25H,8,12H2,(H2,21,24)(H,23,26)/b6-4+. The Balaban J connectivity index is 1.59. The van der Waals surface area contributed by atoms with Crippen molar-refractivity contribution in [3.63, 3.8) is 0 Å². The molecule has 0 saturated heterocycles. The number of carbonyl (C=O) groups is 1. The van der Waals surface area contributed by atoms with Crippen LogP contribution in [-0.4, -0.2) is 22.5 Å². The first-order valence-electron chi connectivity index (χ1n) is 8.18. The van der Waals surface area contributed by atoms with Gasteiger partial charge in [-0.15, -0.1) is 6.42 Å². The second-order valence-corrected chi connectivity index (χ2v) is 6.81. The van der Waals surface area contributed by atoms with Crippen LogP contribution in [0, 0.1) is 12.3 Å². The van der Waals surface area contributed by atoms with Gasteiger partial charge in [0.2, 0.25) is 0 Å². The van der Waals surface area contributed by atoms with Crippen molar-refractivity contribution >= 4 is 44.4 Å². The number of phenols is 1. The van der Waals surface area contributed by atoms with Gasteiger partial charge in [0.1, 0.15) is 11.3 Å². The van der Waals surface area contributed by atoms with Gasteiger partial charge in [-0.2, -0.15) is 0 Å². The van der Waals surface area contributed by atoms with Gasteiger partial charge in [-0.3, -0.25) is 4.79 Å². The zero-order valence-corrected chi connectivity index (χ0v) is 15.2. The molecule has 7 heteroatoms. The highest BCUT2D eigenvalue weighted by molar-refractivity contribution is 7.22. The van der Waals surface area contributed by atoms with E-state index in [2.05, 4.69) is 15.6 Å². The summed E-state index contributed by atoms with van der Waals surface area (Å²) in [6.07, 6.45) is 8.90. The number of benzene rings is 2. The van der Waals surface area contributed by atoms with Crippen LogP contribution in [0.5, 0.6) is 5.75 Å². The molecule has 0 saturated carbocycles. The van der Waals surface area contributed by atoms with Gasteiger partial charge in [0.25, 0.3) is 5.91 Å². The van der Waals surface area contributed by atoms with Crippen molar-refractivity contribution in [3.8, 4) is 18.1 Å². The predicted octanol–water partition coefficient (Wildman–Crippen LogP) is 2.96. The number of nitrogens with one attached hydrogen (secondary N) is 2. The molecule has 1 aromatic heterocycles. The van der Waals surface area contributed by atoms with Crippen molar-refractivity contribution in [2.24, 2.45) is 0 Å². The number of hydrogen-bond donors (Lipinski definition) is 4. The molecule has 0 aliphatic rings. The van der Waals surface area contributed by atoms with E-state index < -0.39 is 5.91 Å². The number of anilines is 2. The van der Waals surface area contributed by atoms with Crippen LogP contribution < -0.4 is 16.4 Å². The van der Waals surface area contributed by atoms with E-state index in [1.54, 1.807) is 6.07 Å². The molecule has 0 atom stereocenters. The molecule has 0 radical (unpaired) electrons. The van der Waals surface area contributed by atoms with Crippen LogP contribution in [0.1, 0.15) is 11.1 Å². The summed E-state index contributed by atoms with van der Waals surface area (Å²) in [6, 6.07) is 11.3. The molecule has 0 aliphatic heterocycles. The average Bonchev–Trinajstić information content (AvgIpc) is 3.04. The van der Waals surface area contributed by atoms with Crippen LogP contribution in [0.3, 0.4) is 0 Å². The number of hydrogen-bond acceptors (Lipinski definition) is 6. The van der Waals surface area contributed by atoms with Crippen LogP contribution in [0.25, 0.3) is 16.3 Å². The number of thiazole rings is 1. The lowest BCUT2D eigenvalue weighted by atomic mass is 10.2. The fourth-order valence-corrected chi connectivity index (χ4v) is 3.35. The van der Waals surface area contributed by atoms with E-state index in [1.165, 1.54) is 11.3 Å². The summed E-state index contributed by atoms with van der Waals surface area (Å²) in [7, 11) is 0. The number of fused-ring (bicyclic) bond motifs is 1. The topological polar surface area (TPSA) is 100 Å². The van der Waals surface area contributed by atoms with Crippen molar-refractivity contribution in [2.75, 3.05) is 17.6 Å². The molecule has 1 amide bonds. The molecule has 0 aliphatic carbocycles. The molecular formula is C20H18N4O2S. The quantitative estimate of drug-likeness (QED) is 0.494. The summed E-state index contributed by atoms with van der Waals surface area (Å²) in [6.45, 7) is 0.982. The Labute approximate surface area is 160 Å². The normalized spacial score (nSPS) is 10.8. The second kappa shape index (κ2) is 8.25. The van der Waals surface area contributed by atoms with Crippen molar-refractivity contribution in [1.82, 2.24) is 10.3 Å². The van der Waals surface area contributed by atoms with Crippen LogP contribution in [-0.2, 0) is 11.3 Å². The Morgan fingerprint density at radius 3 is 3.04 bits per heavy atom. The first-order valence-corrected chi connectivity index (χ1v) is 8.99. The van der Waals surface area contributed by atoms with E-state index in [-0.39, 0.29) is 5.75 Å². The molecule has 136 valence electrons. The summed E-state index contributed by atoms with van der Waals surface area (Å²) in [4.78, 5) is 15.2. The molecule has 0 fully saturated rings. The van der Waals surface area contributed by atoms with Gasteiger partial charge >= 0.3 is 0 Å². The van der Waals surface area contributed by atoms with Gasteiger partial charge in [-0.1, -0.05) is 35.6 Å². The van der Waals surface area contributed by atoms with Crippen LogP contribution in [0.15, 0.2) is 42.5 Å². The fraction of sp³-hybridized carbons (Fsp3) is 0.100. The molecule has 0 bridgehead atoms. The maximum absolute atomic E-state index is 11.1. The number of rotatable bonds is 6. The highest BCUT2D eigenvalue weighted by Crippen LogP contribution is 2.32. The van der Waals surface area contributed by atoms with Gasteiger partial charge < -0.3 is 21.5 Å². The average molecular weight is 378 g/mol. The third-order valence-corrected chi connectivity index (χ3v) is 4.59. The van der Waals surface area contributed by atoms with Gasteiger partial charge in [0.05, 0.1) is 4.70 Å². The van der Waals surface area contributed by atoms with E-state index in [0.717, 1.165) is 21.5 Å². The molecule has 3 rings (SSSR count). The number of phenolic OH excluding ortho intramolecular Hbond substituents is 1. The highest BCUT2D eigenvalue weighted by atomic mass is 32.1. The number of aromatic nitrogens is 1. The Kier molecular flexibility index (Phi) is 5.59. The SMILES string of the molecule is C#CC(=O)NCc1cccc(NC/C=C/c2cc(O)c3nc(N)sc3c2)c1. The third kappa shape index (κ3) is 4.77. The van der Waals surface area contributed by atoms with Crippen LogP contribution >= 0.6 is 11.3 Å². The lowest BCUT2D eigenvalue weighted by Gasteiger charge is -2.07. The van der Waals surface area contributed by atoms with E-state index in [0.29, 0.717) is 23.7 Å². The van der Waals surface area contributed by atoms with E-state index >= 15 is 0 Å². The number of aromatic hydroxyl groups is 1. The highest BCUT2D eigenvalue weighted by Gasteiger charge is 2.07. The molecule has 0 unspecified atom stereocenters. The van der Waals surface area contributed by atoms with Crippen LogP contribution in [0.2, 0.25) is 0 Å².